The molecule has 180 valence electrons. The highest BCUT2D eigenvalue weighted by Crippen LogP contribution is 2.34. The Balaban J connectivity index is 1.29. The van der Waals surface area contributed by atoms with Gasteiger partial charge in [0.15, 0.2) is 15.4 Å². The van der Waals surface area contributed by atoms with Crippen LogP contribution in [-0.2, 0) is 0 Å². The van der Waals surface area contributed by atoms with Crippen molar-refractivity contribution in [2.24, 2.45) is 0 Å². The van der Waals surface area contributed by atoms with Gasteiger partial charge in [0.05, 0.1) is 6.04 Å². The molecule has 0 bridgehead atoms. The molecule has 0 N–H and O–H groups in total. The lowest BCUT2D eigenvalue weighted by Crippen LogP contribution is -2.48. The first kappa shape index (κ1) is 23.3. The molecule has 1 saturated heterocycles. The van der Waals surface area contributed by atoms with E-state index in [1.165, 1.54) is 11.1 Å². The van der Waals surface area contributed by atoms with Crippen molar-refractivity contribution in [1.29, 1.82) is 0 Å². The second kappa shape index (κ2) is 10.1. The van der Waals surface area contributed by atoms with Crippen LogP contribution in [0.25, 0.3) is 16.0 Å². The van der Waals surface area contributed by atoms with E-state index in [0.717, 1.165) is 57.0 Å². The summed E-state index contributed by atoms with van der Waals surface area (Å²) in [5.74, 6) is 0.966. The molecule has 36 heavy (non-hydrogen) atoms. The lowest BCUT2D eigenvalue weighted by Gasteiger charge is -2.40. The summed E-state index contributed by atoms with van der Waals surface area (Å²) in [5, 5.41) is 0.757. The summed E-state index contributed by atoms with van der Waals surface area (Å²) in [4.78, 5) is 14.2. The van der Waals surface area contributed by atoms with Gasteiger partial charge in [-0.2, -0.15) is 0 Å². The first-order valence-electron chi connectivity index (χ1n) is 11.9. The summed E-state index contributed by atoms with van der Waals surface area (Å²) < 4.78 is 3.86. The molecule has 6 rings (SSSR count). The first-order valence-corrected chi connectivity index (χ1v) is 13.5. The third-order valence-corrected chi connectivity index (χ3v) is 8.26. The van der Waals surface area contributed by atoms with Crippen LogP contribution in [-0.4, -0.2) is 45.6 Å². The Kier molecular flexibility index (Phi) is 6.54. The number of halogens is 1. The largest absolute Gasteiger partial charge is 0.353 e. The number of piperazine rings is 1. The van der Waals surface area contributed by atoms with Gasteiger partial charge >= 0.3 is 0 Å². The van der Waals surface area contributed by atoms with Crippen LogP contribution in [0.5, 0.6) is 0 Å². The average Bonchev–Trinajstić information content (AvgIpc) is 3.27. The van der Waals surface area contributed by atoms with Gasteiger partial charge in [0, 0.05) is 36.9 Å². The summed E-state index contributed by atoms with van der Waals surface area (Å²) in [6.45, 7) is 3.58. The fourth-order valence-electron chi connectivity index (χ4n) is 4.94. The number of hydrogen-bond acceptors (Lipinski definition) is 6. The van der Waals surface area contributed by atoms with Crippen molar-refractivity contribution < 1.29 is 0 Å². The highest BCUT2D eigenvalue weighted by molar-refractivity contribution is 7.73. The van der Waals surface area contributed by atoms with E-state index in [-0.39, 0.29) is 6.04 Å². The molecule has 1 aliphatic heterocycles. The Morgan fingerprint density at radius 2 is 1.42 bits per heavy atom. The Morgan fingerprint density at radius 3 is 2.11 bits per heavy atom. The molecule has 0 saturated carbocycles. The van der Waals surface area contributed by atoms with Crippen molar-refractivity contribution in [3.63, 3.8) is 0 Å². The monoisotopic (exact) mass is 529 g/mol. The molecule has 0 unspecified atom stereocenters. The summed E-state index contributed by atoms with van der Waals surface area (Å²) >= 11 is 13.5. The Hall–Kier alpha value is -3.10. The van der Waals surface area contributed by atoms with Gasteiger partial charge in [-0.1, -0.05) is 83.6 Å². The maximum Gasteiger partial charge on any atom is 0.168 e. The quantitative estimate of drug-likeness (QED) is 0.235. The molecule has 0 amide bonds. The van der Waals surface area contributed by atoms with E-state index in [4.69, 9.17) is 28.8 Å². The van der Waals surface area contributed by atoms with Crippen LogP contribution in [0.2, 0.25) is 5.02 Å². The fraction of sp³-hybridized carbons (Fsp3) is 0.179. The van der Waals surface area contributed by atoms with Gasteiger partial charge in [-0.15, -0.1) is 0 Å². The van der Waals surface area contributed by atoms with Crippen LogP contribution >= 0.6 is 35.2 Å². The van der Waals surface area contributed by atoms with Crippen molar-refractivity contribution >= 4 is 51.3 Å². The lowest BCUT2D eigenvalue weighted by atomic mass is 9.96. The number of nitrogens with zero attached hydrogens (tertiary/aromatic N) is 5. The highest BCUT2D eigenvalue weighted by Gasteiger charge is 2.28. The normalized spacial score (nSPS) is 15.3. The second-order valence-electron chi connectivity index (χ2n) is 8.78. The first-order chi connectivity index (χ1) is 17.7. The molecular weight excluding hydrogens is 506 g/mol. The zero-order valence-electron chi connectivity index (χ0n) is 19.5. The summed E-state index contributed by atoms with van der Waals surface area (Å²) in [6, 6.07) is 29.3. The Morgan fingerprint density at radius 1 is 0.778 bits per heavy atom. The van der Waals surface area contributed by atoms with Gasteiger partial charge in [0.1, 0.15) is 11.0 Å². The number of rotatable bonds is 5. The molecular formula is C28H24ClN5S2. The minimum absolute atomic E-state index is 0.178. The van der Waals surface area contributed by atoms with E-state index in [2.05, 4.69) is 69.4 Å². The number of anilines is 1. The third-order valence-electron chi connectivity index (χ3n) is 6.64. The molecule has 0 spiro atoms. The third kappa shape index (κ3) is 4.44. The molecule has 5 nitrogen and oxygen atoms in total. The molecule has 0 aliphatic carbocycles. The maximum absolute atomic E-state index is 6.19. The summed E-state index contributed by atoms with van der Waals surface area (Å²) in [7, 11) is 0. The van der Waals surface area contributed by atoms with Gasteiger partial charge in [-0.05, 0) is 47.6 Å². The minimum Gasteiger partial charge on any atom is -0.353 e. The molecule has 3 heterocycles. The lowest BCUT2D eigenvalue weighted by molar-refractivity contribution is 0.212. The Labute approximate surface area is 224 Å². The standard InChI is InChI=1S/C28H24ClN5S2/c29-22-13-11-21(12-14-22)24(20-7-3-1-4-8-20)32-15-17-33(18-16-32)26-25-27(31-19-30-26)34(28(35)36-25)23-9-5-2-6-10-23/h1-14,19,24H,15-18H2/t24-/m0/s1. The van der Waals surface area contributed by atoms with E-state index in [0.29, 0.717) is 0 Å². The minimum atomic E-state index is 0.178. The summed E-state index contributed by atoms with van der Waals surface area (Å²) in [6.07, 6.45) is 1.66. The van der Waals surface area contributed by atoms with Crippen LogP contribution in [0, 0.1) is 3.95 Å². The maximum atomic E-state index is 6.19. The zero-order valence-corrected chi connectivity index (χ0v) is 21.9. The molecule has 1 fully saturated rings. The summed E-state index contributed by atoms with van der Waals surface area (Å²) in [5.41, 5.74) is 4.43. The second-order valence-corrected chi connectivity index (χ2v) is 10.9. The molecule has 0 radical (unpaired) electrons. The SMILES string of the molecule is S=c1sc2c(N3CCN([C@@H](c4ccccc4)c4ccc(Cl)cc4)CC3)ncnc2n1-c1ccccc1. The van der Waals surface area contributed by atoms with Crippen molar-refractivity contribution in [2.45, 2.75) is 6.04 Å². The van der Waals surface area contributed by atoms with E-state index in [1.54, 1.807) is 17.7 Å². The van der Waals surface area contributed by atoms with Gasteiger partial charge < -0.3 is 4.90 Å². The van der Waals surface area contributed by atoms with E-state index < -0.39 is 0 Å². The van der Waals surface area contributed by atoms with Crippen LogP contribution in [0.1, 0.15) is 17.2 Å². The van der Waals surface area contributed by atoms with Crippen LogP contribution in [0.15, 0.2) is 91.3 Å². The molecule has 2 aromatic heterocycles. The van der Waals surface area contributed by atoms with Gasteiger partial charge in [0.2, 0.25) is 0 Å². The van der Waals surface area contributed by atoms with E-state index in [1.807, 2.05) is 34.9 Å². The zero-order chi connectivity index (χ0) is 24.5. The number of fused-ring (bicyclic) bond motifs is 1. The Bertz CT molecular complexity index is 1530. The fourth-order valence-corrected chi connectivity index (χ4v) is 6.48. The number of hydrogen-bond donors (Lipinski definition) is 0. The number of thiazole rings is 1. The van der Waals surface area contributed by atoms with E-state index in [9.17, 15) is 0 Å². The molecule has 5 aromatic rings. The van der Waals surface area contributed by atoms with Crippen molar-refractivity contribution in [1.82, 2.24) is 19.4 Å². The molecule has 1 aliphatic rings. The average molecular weight is 530 g/mol. The van der Waals surface area contributed by atoms with Gasteiger partial charge in [-0.25, -0.2) is 9.97 Å². The van der Waals surface area contributed by atoms with Gasteiger partial charge in [-0.3, -0.25) is 9.47 Å². The van der Waals surface area contributed by atoms with Crippen molar-refractivity contribution in [3.8, 4) is 5.69 Å². The molecule has 3 aromatic carbocycles. The number of para-hydroxylation sites is 1. The van der Waals surface area contributed by atoms with Crippen molar-refractivity contribution in [2.75, 3.05) is 31.1 Å². The topological polar surface area (TPSA) is 37.2 Å². The highest BCUT2D eigenvalue weighted by atomic mass is 35.5. The van der Waals surface area contributed by atoms with Crippen LogP contribution < -0.4 is 4.90 Å². The molecule has 8 heteroatoms. The van der Waals surface area contributed by atoms with E-state index >= 15 is 0 Å². The van der Waals surface area contributed by atoms with Gasteiger partial charge in [0.25, 0.3) is 0 Å². The smallest absolute Gasteiger partial charge is 0.168 e. The van der Waals surface area contributed by atoms with Crippen molar-refractivity contribution in [3.05, 3.63) is 111 Å². The number of aromatic nitrogens is 3. The molecule has 1 atom stereocenters. The predicted octanol–water partition coefficient (Wildman–Crippen LogP) is 6.78. The predicted molar refractivity (Wildman–Crippen MR) is 151 cm³/mol. The number of benzene rings is 3. The van der Waals surface area contributed by atoms with Crippen LogP contribution in [0.3, 0.4) is 0 Å². The van der Waals surface area contributed by atoms with Crippen LogP contribution in [0.4, 0.5) is 5.82 Å².